The van der Waals surface area contributed by atoms with Gasteiger partial charge in [-0.1, -0.05) is 35.5 Å². The zero-order chi connectivity index (χ0) is 17.6. The van der Waals surface area contributed by atoms with Gasteiger partial charge in [-0.3, -0.25) is 4.79 Å². The summed E-state index contributed by atoms with van der Waals surface area (Å²) in [7, 11) is 0. The van der Waals surface area contributed by atoms with Crippen molar-refractivity contribution >= 4 is 23.4 Å². The minimum absolute atomic E-state index is 0.131. The van der Waals surface area contributed by atoms with Crippen LogP contribution >= 0.6 is 11.8 Å². The number of nitriles is 1. The minimum Gasteiger partial charge on any atom is -0.411 e. The Morgan fingerprint density at radius 2 is 2.08 bits per heavy atom. The van der Waals surface area contributed by atoms with Crippen LogP contribution in [0.15, 0.2) is 58.2 Å². The molecule has 0 fully saturated rings. The molecule has 7 heteroatoms. The molecule has 0 unspecified atom stereocenters. The molecule has 25 heavy (non-hydrogen) atoms. The highest BCUT2D eigenvalue weighted by Crippen LogP contribution is 2.23. The predicted octanol–water partition coefficient (Wildman–Crippen LogP) is 3.65. The van der Waals surface area contributed by atoms with Crippen LogP contribution in [0.4, 0.5) is 5.69 Å². The largest absolute Gasteiger partial charge is 0.411 e. The van der Waals surface area contributed by atoms with E-state index in [4.69, 9.17) is 9.68 Å². The molecular formula is C18H14N4O2S. The minimum atomic E-state index is -0.213. The predicted molar refractivity (Wildman–Crippen MR) is 95.0 cm³/mol. The van der Waals surface area contributed by atoms with Crippen LogP contribution in [0.25, 0.3) is 11.5 Å². The summed E-state index contributed by atoms with van der Waals surface area (Å²) in [6.07, 6.45) is 0. The summed E-state index contributed by atoms with van der Waals surface area (Å²) in [5.74, 6) is 0.343. The first-order valence-corrected chi connectivity index (χ1v) is 8.46. The normalized spacial score (nSPS) is 10.2. The zero-order valence-corrected chi connectivity index (χ0v) is 14.2. The number of aromatic nitrogens is 2. The Kier molecular flexibility index (Phi) is 5.11. The molecule has 0 saturated heterocycles. The van der Waals surface area contributed by atoms with E-state index in [-0.39, 0.29) is 11.7 Å². The Hall–Kier alpha value is -3.11. The topological polar surface area (TPSA) is 91.8 Å². The maximum absolute atomic E-state index is 12.0. The number of benzene rings is 2. The number of carbonyl (C=O) groups excluding carboxylic acids is 1. The van der Waals surface area contributed by atoms with Gasteiger partial charge >= 0.3 is 0 Å². The monoisotopic (exact) mass is 350 g/mol. The molecule has 1 aromatic heterocycles. The smallest absolute Gasteiger partial charge is 0.277 e. The highest BCUT2D eigenvalue weighted by atomic mass is 32.2. The molecule has 2 aromatic carbocycles. The molecule has 124 valence electrons. The number of anilines is 1. The molecule has 0 saturated carbocycles. The van der Waals surface area contributed by atoms with Crippen molar-refractivity contribution in [3.8, 4) is 17.5 Å². The van der Waals surface area contributed by atoms with Gasteiger partial charge in [0.1, 0.15) is 0 Å². The number of aryl methyl sites for hydroxylation is 1. The molecule has 0 aliphatic rings. The van der Waals surface area contributed by atoms with Gasteiger partial charge in [0.2, 0.25) is 11.8 Å². The van der Waals surface area contributed by atoms with E-state index in [1.807, 2.05) is 37.3 Å². The molecule has 0 aliphatic heterocycles. The molecule has 3 aromatic rings. The van der Waals surface area contributed by atoms with E-state index >= 15 is 0 Å². The van der Waals surface area contributed by atoms with Gasteiger partial charge in [-0.25, -0.2) is 0 Å². The van der Waals surface area contributed by atoms with E-state index in [0.717, 1.165) is 22.9 Å². The van der Waals surface area contributed by atoms with Crippen molar-refractivity contribution in [2.24, 2.45) is 0 Å². The standard InChI is InChI=1S/C18H14N4O2S/c1-12-4-2-6-14(8-12)17-21-22-18(24-17)25-11-16(23)20-15-7-3-5-13(9-15)10-19/h2-9H,11H2,1H3,(H,20,23). The van der Waals surface area contributed by atoms with Gasteiger partial charge in [0, 0.05) is 11.3 Å². The number of hydrogen-bond donors (Lipinski definition) is 1. The second-order valence-electron chi connectivity index (χ2n) is 5.27. The highest BCUT2D eigenvalue weighted by Gasteiger charge is 2.11. The maximum Gasteiger partial charge on any atom is 0.277 e. The van der Waals surface area contributed by atoms with Crippen molar-refractivity contribution in [3.05, 3.63) is 59.7 Å². The second kappa shape index (κ2) is 7.64. The SMILES string of the molecule is Cc1cccc(-c2nnc(SCC(=O)Nc3cccc(C#N)c3)o2)c1. The van der Waals surface area contributed by atoms with Gasteiger partial charge in [-0.2, -0.15) is 5.26 Å². The van der Waals surface area contributed by atoms with E-state index < -0.39 is 0 Å². The summed E-state index contributed by atoms with van der Waals surface area (Å²) in [5.41, 5.74) is 3.02. The van der Waals surface area contributed by atoms with Crippen LogP contribution < -0.4 is 5.32 Å². The lowest BCUT2D eigenvalue weighted by Crippen LogP contribution is -2.14. The van der Waals surface area contributed by atoms with Crippen LogP contribution in [-0.4, -0.2) is 21.9 Å². The molecule has 1 N–H and O–H groups in total. The second-order valence-corrected chi connectivity index (χ2v) is 6.20. The van der Waals surface area contributed by atoms with Crippen LogP contribution in [-0.2, 0) is 4.79 Å². The van der Waals surface area contributed by atoms with Crippen LogP contribution in [0.3, 0.4) is 0 Å². The number of carbonyl (C=O) groups is 1. The molecule has 1 amide bonds. The quantitative estimate of drug-likeness (QED) is 0.706. The number of rotatable bonds is 5. The van der Waals surface area contributed by atoms with Gasteiger partial charge < -0.3 is 9.73 Å². The van der Waals surface area contributed by atoms with Crippen LogP contribution in [0.1, 0.15) is 11.1 Å². The first-order valence-electron chi connectivity index (χ1n) is 7.47. The van der Waals surface area contributed by atoms with Crippen LogP contribution in [0.5, 0.6) is 0 Å². The van der Waals surface area contributed by atoms with Crippen molar-refractivity contribution in [2.45, 2.75) is 12.1 Å². The Bertz CT molecular complexity index is 946. The number of amides is 1. The molecule has 0 spiro atoms. The van der Waals surface area contributed by atoms with Crippen molar-refractivity contribution in [1.29, 1.82) is 5.26 Å². The van der Waals surface area contributed by atoms with Crippen LogP contribution in [0.2, 0.25) is 0 Å². The molecule has 0 bridgehead atoms. The Balaban J connectivity index is 1.58. The van der Waals surface area contributed by atoms with Gasteiger partial charge in [0.25, 0.3) is 5.22 Å². The summed E-state index contributed by atoms with van der Waals surface area (Å²) in [5, 5.41) is 19.9. The molecule has 1 heterocycles. The Morgan fingerprint density at radius 1 is 1.24 bits per heavy atom. The van der Waals surface area contributed by atoms with Gasteiger partial charge in [0.15, 0.2) is 0 Å². The van der Waals surface area contributed by atoms with Crippen molar-refractivity contribution in [3.63, 3.8) is 0 Å². The summed E-state index contributed by atoms with van der Waals surface area (Å²) in [4.78, 5) is 12.0. The van der Waals surface area contributed by atoms with E-state index in [2.05, 4.69) is 15.5 Å². The van der Waals surface area contributed by atoms with E-state index in [1.165, 1.54) is 0 Å². The van der Waals surface area contributed by atoms with E-state index in [1.54, 1.807) is 24.3 Å². The van der Waals surface area contributed by atoms with E-state index in [9.17, 15) is 4.79 Å². The molecule has 0 radical (unpaired) electrons. The summed E-state index contributed by atoms with van der Waals surface area (Å²) in [6, 6.07) is 16.5. The van der Waals surface area contributed by atoms with Crippen molar-refractivity contribution in [2.75, 3.05) is 11.1 Å². The zero-order valence-electron chi connectivity index (χ0n) is 13.4. The first kappa shape index (κ1) is 16.7. The molecular weight excluding hydrogens is 336 g/mol. The lowest BCUT2D eigenvalue weighted by atomic mass is 10.1. The van der Waals surface area contributed by atoms with Gasteiger partial charge in [-0.15, -0.1) is 10.2 Å². The number of nitrogens with zero attached hydrogens (tertiary/aromatic N) is 3. The first-order chi connectivity index (χ1) is 12.1. The third-order valence-corrected chi connectivity index (χ3v) is 4.09. The Labute approximate surface area is 148 Å². The number of nitrogens with one attached hydrogen (secondary N) is 1. The van der Waals surface area contributed by atoms with E-state index in [0.29, 0.717) is 22.4 Å². The maximum atomic E-state index is 12.0. The highest BCUT2D eigenvalue weighted by molar-refractivity contribution is 7.99. The third-order valence-electron chi connectivity index (χ3n) is 3.27. The molecule has 6 nitrogen and oxygen atoms in total. The summed E-state index contributed by atoms with van der Waals surface area (Å²) in [6.45, 7) is 1.99. The average Bonchev–Trinajstić information content (AvgIpc) is 3.09. The molecule has 3 rings (SSSR count). The third kappa shape index (κ3) is 4.46. The van der Waals surface area contributed by atoms with Crippen LogP contribution in [0, 0.1) is 18.3 Å². The molecule has 0 atom stereocenters. The fourth-order valence-corrected chi connectivity index (χ4v) is 2.72. The van der Waals surface area contributed by atoms with Crippen molar-refractivity contribution < 1.29 is 9.21 Å². The Morgan fingerprint density at radius 3 is 2.88 bits per heavy atom. The lowest BCUT2D eigenvalue weighted by Gasteiger charge is -2.03. The fourth-order valence-electron chi connectivity index (χ4n) is 2.15. The average molecular weight is 350 g/mol. The number of hydrogen-bond acceptors (Lipinski definition) is 6. The lowest BCUT2D eigenvalue weighted by molar-refractivity contribution is -0.113. The number of thioether (sulfide) groups is 1. The van der Waals surface area contributed by atoms with Crippen molar-refractivity contribution in [1.82, 2.24) is 10.2 Å². The summed E-state index contributed by atoms with van der Waals surface area (Å²) >= 11 is 1.16. The fraction of sp³-hybridized carbons (Fsp3) is 0.111. The van der Waals surface area contributed by atoms with Gasteiger partial charge in [-0.05, 0) is 37.3 Å². The molecule has 0 aliphatic carbocycles. The summed E-state index contributed by atoms with van der Waals surface area (Å²) < 4.78 is 5.58. The van der Waals surface area contributed by atoms with Gasteiger partial charge in [0.05, 0.1) is 17.4 Å².